The van der Waals surface area contributed by atoms with Gasteiger partial charge in [-0.2, -0.15) is 0 Å². The van der Waals surface area contributed by atoms with Gasteiger partial charge in [0.25, 0.3) is 15.6 Å². The van der Waals surface area contributed by atoms with Crippen molar-refractivity contribution < 1.29 is 80.5 Å². The van der Waals surface area contributed by atoms with Crippen molar-refractivity contribution in [2.24, 2.45) is 5.41 Å². The second-order valence-electron chi connectivity index (χ2n) is 12.9. The molecule has 2 unspecified atom stereocenters. The van der Waals surface area contributed by atoms with Gasteiger partial charge in [-0.25, -0.2) is 19.3 Å². The predicted octanol–water partition coefficient (Wildman–Crippen LogP) is -2.24. The van der Waals surface area contributed by atoms with E-state index in [9.17, 15) is 57.9 Å². The summed E-state index contributed by atoms with van der Waals surface area (Å²) in [6.45, 7) is 1.86. The van der Waals surface area contributed by atoms with Crippen molar-refractivity contribution in [3.63, 3.8) is 0 Å². The van der Waals surface area contributed by atoms with E-state index in [0.29, 0.717) is 11.3 Å². The zero-order valence-corrected chi connectivity index (χ0v) is 33.7. The summed E-state index contributed by atoms with van der Waals surface area (Å²) in [5, 5.41) is 26.1. The summed E-state index contributed by atoms with van der Waals surface area (Å²) in [7, 11) is -17.6. The van der Waals surface area contributed by atoms with Crippen molar-refractivity contribution in [3.05, 3.63) is 48.0 Å². The number of amides is 2. The van der Waals surface area contributed by atoms with Gasteiger partial charge in [-0.1, -0.05) is 49.9 Å². The largest absolute Gasteiger partial charge is 0.790 e. The Morgan fingerprint density at radius 1 is 1.05 bits per heavy atom. The Morgan fingerprint density at radius 3 is 2.42 bits per heavy atom. The van der Waals surface area contributed by atoms with E-state index in [2.05, 4.69) is 43.5 Å². The molecule has 3 heterocycles. The maximum atomic E-state index is 12.6. The highest BCUT2D eigenvalue weighted by Gasteiger charge is 2.47. The SMILES string of the molecule is Cc1ccccc1C(=O)SCCNC(=O)CCNC(=O)[C@H](O)C(C)(C)COP(=O)([O-])OP(=O)([O-])OC[C@H]1O[C@@H](n2cnc3c(N)ncnc32)[C@H](O)[C@@H]1OP(=O)([O-])[O-]. The maximum absolute atomic E-state index is 12.6. The zero-order valence-electron chi connectivity index (χ0n) is 30.2. The number of carbonyl (C=O) groups excluding carboxylic acids is 3. The Morgan fingerprint density at radius 2 is 1.74 bits per heavy atom. The van der Waals surface area contributed by atoms with Crippen LogP contribution in [-0.4, -0.2) is 103 Å². The lowest BCUT2D eigenvalue weighted by Crippen LogP contribution is -2.46. The van der Waals surface area contributed by atoms with E-state index in [1.54, 1.807) is 25.1 Å². The molecule has 0 radical (unpaired) electrons. The van der Waals surface area contributed by atoms with E-state index in [0.717, 1.165) is 34.5 Å². The Bertz CT molecular complexity index is 2070. The van der Waals surface area contributed by atoms with E-state index < -0.39 is 84.6 Å². The number of aryl methyl sites for hydroxylation is 1. The molecule has 0 spiro atoms. The van der Waals surface area contributed by atoms with Gasteiger partial charge in [-0.3, -0.25) is 28.1 Å². The van der Waals surface area contributed by atoms with Crippen LogP contribution in [0.25, 0.3) is 11.2 Å². The van der Waals surface area contributed by atoms with Crippen LogP contribution in [0.5, 0.6) is 0 Å². The van der Waals surface area contributed by atoms with Gasteiger partial charge in [0.2, 0.25) is 16.9 Å². The lowest BCUT2D eigenvalue weighted by Gasteiger charge is -2.36. The zero-order chi connectivity index (χ0) is 42.3. The van der Waals surface area contributed by atoms with Gasteiger partial charge < -0.3 is 69.0 Å². The first-order chi connectivity index (χ1) is 26.5. The van der Waals surface area contributed by atoms with Gasteiger partial charge in [0.15, 0.2) is 17.7 Å². The molecule has 1 aliphatic rings. The molecule has 0 bridgehead atoms. The van der Waals surface area contributed by atoms with Crippen molar-refractivity contribution in [2.45, 2.75) is 57.8 Å². The number of nitrogen functional groups attached to an aromatic ring is 1. The Kier molecular flexibility index (Phi) is 15.7. The lowest BCUT2D eigenvalue weighted by atomic mass is 9.87. The molecule has 4 rings (SSSR count). The number of hydrogen-bond donors (Lipinski definition) is 5. The molecule has 1 fully saturated rings. The number of phosphoric ester groups is 3. The van der Waals surface area contributed by atoms with Crippen molar-refractivity contribution >= 4 is 69.1 Å². The summed E-state index contributed by atoms with van der Waals surface area (Å²) in [6, 6.07) is 7.06. The first kappa shape index (κ1) is 46.5. The normalized spacial score (nSPS) is 21.4. The molecule has 1 aliphatic heterocycles. The molecule has 6 N–H and O–H groups in total. The standard InChI is InChI=1S/C29H42N7O17P3S/c1-16-6-4-5-7-17(16)28(41)57-11-10-31-19(37)8-9-32-26(40)23(39)29(2,3)13-50-56(47,48)53-55(45,46)49-12-18-22(52-54(42,43)44)21(38)27(51-18)36-15-35-20-24(30)33-14-34-25(20)36/h4-7,14-15,18,21-23,27,38-39H,8-13H2,1-3H3,(H,31,37)(H,32,40)(H,45,46)(H,47,48)(H2,30,33,34)(H2,42,43,44)/p-4/t18-,21-,22-,23+,27-/m1/s1. The third-order valence-electron chi connectivity index (χ3n) is 8.08. The Labute approximate surface area is 328 Å². The molecule has 1 aromatic carbocycles. The molecule has 57 heavy (non-hydrogen) atoms. The third-order valence-corrected chi connectivity index (χ3v) is 12.0. The number of rotatable bonds is 20. The summed E-state index contributed by atoms with van der Waals surface area (Å²) in [6.07, 6.45) is -7.61. The highest BCUT2D eigenvalue weighted by atomic mass is 32.2. The van der Waals surface area contributed by atoms with Gasteiger partial charge in [0.1, 0.15) is 36.3 Å². The van der Waals surface area contributed by atoms with Crippen molar-refractivity contribution in [2.75, 3.05) is 37.8 Å². The first-order valence-electron chi connectivity index (χ1n) is 16.5. The molecule has 1 saturated heterocycles. The number of phosphoric acid groups is 3. The maximum Gasteiger partial charge on any atom is 0.274 e. The molecule has 2 amide bonds. The Hall–Kier alpha value is -3.22. The van der Waals surface area contributed by atoms with Crippen LogP contribution in [0.1, 0.15) is 42.4 Å². The van der Waals surface area contributed by atoms with Gasteiger partial charge >= 0.3 is 0 Å². The molecule has 3 aromatic rings. The minimum absolute atomic E-state index is 0.0226. The second kappa shape index (κ2) is 19.2. The average Bonchev–Trinajstić information content (AvgIpc) is 3.68. The fraction of sp³-hybridized carbons (Fsp3) is 0.517. The van der Waals surface area contributed by atoms with Crippen LogP contribution in [0.2, 0.25) is 0 Å². The van der Waals surface area contributed by atoms with Crippen LogP contribution in [0.4, 0.5) is 5.82 Å². The number of nitrogens with two attached hydrogens (primary N) is 1. The number of imidazole rings is 1. The number of aromatic nitrogens is 4. The van der Waals surface area contributed by atoms with Crippen molar-refractivity contribution in [1.29, 1.82) is 0 Å². The fourth-order valence-corrected chi connectivity index (χ4v) is 8.64. The summed E-state index contributed by atoms with van der Waals surface area (Å²) in [5.41, 5.74) is 5.44. The number of aliphatic hydroxyl groups excluding tert-OH is 2. The number of ether oxygens (including phenoxy) is 1. The number of nitrogens with zero attached hydrogens (tertiary/aromatic N) is 4. The van der Waals surface area contributed by atoms with E-state index in [1.165, 1.54) is 13.8 Å². The van der Waals surface area contributed by atoms with Crippen LogP contribution in [0.15, 0.2) is 36.9 Å². The van der Waals surface area contributed by atoms with Crippen LogP contribution in [0, 0.1) is 12.3 Å². The number of anilines is 1. The smallest absolute Gasteiger partial charge is 0.274 e. The van der Waals surface area contributed by atoms with Crippen LogP contribution >= 0.6 is 35.2 Å². The predicted molar refractivity (Wildman–Crippen MR) is 189 cm³/mol. The third kappa shape index (κ3) is 13.1. The summed E-state index contributed by atoms with van der Waals surface area (Å²) in [4.78, 5) is 96.5. The molecule has 7 atom stereocenters. The van der Waals surface area contributed by atoms with Gasteiger partial charge in [-0.15, -0.1) is 0 Å². The van der Waals surface area contributed by atoms with Crippen molar-refractivity contribution in [1.82, 2.24) is 30.2 Å². The summed E-state index contributed by atoms with van der Waals surface area (Å²) in [5.74, 6) is -1.27. The molecular weight excluding hydrogens is 843 g/mol. The molecule has 0 aliphatic carbocycles. The van der Waals surface area contributed by atoms with Gasteiger partial charge in [0, 0.05) is 36.2 Å². The van der Waals surface area contributed by atoms with E-state index in [-0.39, 0.29) is 41.6 Å². The number of aliphatic hydroxyl groups is 2. The minimum atomic E-state index is -5.92. The molecule has 0 saturated carbocycles. The van der Waals surface area contributed by atoms with E-state index >= 15 is 0 Å². The topological polar surface area (TPSA) is 375 Å². The number of fused-ring (bicyclic) bond motifs is 1. The number of benzene rings is 1. The highest BCUT2D eigenvalue weighted by molar-refractivity contribution is 8.14. The van der Waals surface area contributed by atoms with E-state index in [1.807, 2.05) is 6.07 Å². The molecular formula is C29H38N7O17P3S-4. The van der Waals surface area contributed by atoms with Gasteiger partial charge in [0.05, 0.1) is 27.4 Å². The fourth-order valence-electron chi connectivity index (χ4n) is 5.13. The molecule has 316 valence electrons. The number of hydrogen-bond acceptors (Lipinski definition) is 22. The first-order valence-corrected chi connectivity index (χ1v) is 21.9. The highest BCUT2D eigenvalue weighted by Crippen LogP contribution is 2.56. The van der Waals surface area contributed by atoms with Crippen molar-refractivity contribution in [3.8, 4) is 0 Å². The summed E-state index contributed by atoms with van der Waals surface area (Å²) >= 11 is 1.03. The van der Waals surface area contributed by atoms with Crippen LogP contribution < -0.4 is 35.9 Å². The summed E-state index contributed by atoms with van der Waals surface area (Å²) < 4.78 is 60.5. The number of nitrogens with one attached hydrogen (secondary N) is 2. The Balaban J connectivity index is 1.23. The quantitative estimate of drug-likeness (QED) is 0.0591. The van der Waals surface area contributed by atoms with Crippen LogP contribution in [-0.2, 0) is 45.9 Å². The second-order valence-corrected chi connectivity index (χ2v) is 18.1. The average molecular weight is 882 g/mol. The minimum Gasteiger partial charge on any atom is -0.790 e. The molecule has 2 aromatic heterocycles. The van der Waals surface area contributed by atoms with Crippen LogP contribution in [0.3, 0.4) is 0 Å². The molecule has 24 nitrogen and oxygen atoms in total. The lowest BCUT2D eigenvalue weighted by molar-refractivity contribution is -0.347. The van der Waals surface area contributed by atoms with Gasteiger partial charge in [-0.05, 0) is 12.5 Å². The van der Waals surface area contributed by atoms with E-state index in [4.69, 9.17) is 10.5 Å². The monoisotopic (exact) mass is 881 g/mol. The molecule has 28 heteroatoms. The number of carbonyl (C=O) groups is 3. The number of thioether (sulfide) groups is 1.